The Labute approximate surface area is 120 Å². The first kappa shape index (κ1) is 14.4. The molecule has 0 aliphatic heterocycles. The number of amides is 1. The van der Waals surface area contributed by atoms with Crippen molar-refractivity contribution in [1.82, 2.24) is 4.90 Å². The molecule has 0 aromatic heterocycles. The van der Waals surface area contributed by atoms with Gasteiger partial charge in [-0.05, 0) is 43.0 Å². The largest absolute Gasteiger partial charge is 0.484 e. The lowest BCUT2D eigenvalue weighted by Crippen LogP contribution is -2.34. The van der Waals surface area contributed by atoms with E-state index in [-0.39, 0.29) is 12.5 Å². The average Bonchev–Trinajstić information content (AvgIpc) is 2.98. The zero-order chi connectivity index (χ0) is 14.4. The van der Waals surface area contributed by atoms with Gasteiger partial charge in [0.2, 0.25) is 0 Å². The summed E-state index contributed by atoms with van der Waals surface area (Å²) in [6, 6.07) is 8.83. The lowest BCUT2D eigenvalue weighted by atomic mass is 10.1. The fraction of sp³-hybridized carbons (Fsp3) is 0.500. The summed E-state index contributed by atoms with van der Waals surface area (Å²) in [5.74, 6) is 1.27. The van der Waals surface area contributed by atoms with Crippen molar-refractivity contribution in [2.45, 2.75) is 25.7 Å². The van der Waals surface area contributed by atoms with Crippen molar-refractivity contribution in [3.8, 4) is 11.8 Å². The Hall–Kier alpha value is -2.02. The maximum atomic E-state index is 12.0. The zero-order valence-corrected chi connectivity index (χ0v) is 11.8. The van der Waals surface area contributed by atoms with Gasteiger partial charge in [-0.2, -0.15) is 5.26 Å². The molecule has 0 N–H and O–H groups in total. The monoisotopic (exact) mass is 272 g/mol. The SMILES string of the molecule is CN(CC1CCCC1)C(=O)COc1ccc(C#N)cc1. The van der Waals surface area contributed by atoms with Gasteiger partial charge in [0.15, 0.2) is 6.61 Å². The number of ether oxygens (including phenoxy) is 1. The molecule has 1 fully saturated rings. The predicted octanol–water partition coefficient (Wildman–Crippen LogP) is 2.59. The fourth-order valence-corrected chi connectivity index (χ4v) is 2.56. The van der Waals surface area contributed by atoms with Crippen molar-refractivity contribution in [2.75, 3.05) is 20.2 Å². The molecule has 0 bridgehead atoms. The van der Waals surface area contributed by atoms with Crippen molar-refractivity contribution in [3.05, 3.63) is 29.8 Å². The molecule has 1 aromatic carbocycles. The van der Waals surface area contributed by atoms with Crippen LogP contribution in [0.2, 0.25) is 0 Å². The molecule has 4 heteroatoms. The summed E-state index contributed by atoms with van der Waals surface area (Å²) in [6.45, 7) is 0.880. The number of carbonyl (C=O) groups excluding carboxylic acids is 1. The lowest BCUT2D eigenvalue weighted by Gasteiger charge is -2.21. The van der Waals surface area contributed by atoms with Crippen LogP contribution in [0.1, 0.15) is 31.2 Å². The second-order valence-corrected chi connectivity index (χ2v) is 5.35. The van der Waals surface area contributed by atoms with Crippen LogP contribution in [0.4, 0.5) is 0 Å². The fourth-order valence-electron chi connectivity index (χ4n) is 2.56. The van der Waals surface area contributed by atoms with Crippen LogP contribution in [0.5, 0.6) is 5.75 Å². The van der Waals surface area contributed by atoms with E-state index in [1.54, 1.807) is 29.2 Å². The van der Waals surface area contributed by atoms with Crippen LogP contribution in [0.15, 0.2) is 24.3 Å². The molecule has 1 amide bonds. The highest BCUT2D eigenvalue weighted by molar-refractivity contribution is 5.77. The van der Waals surface area contributed by atoms with E-state index in [4.69, 9.17) is 10.00 Å². The summed E-state index contributed by atoms with van der Waals surface area (Å²) in [7, 11) is 1.84. The standard InChI is InChI=1S/C16H20N2O2/c1-18(11-14-4-2-3-5-14)16(19)12-20-15-8-6-13(10-17)7-9-15/h6-9,14H,2-5,11-12H2,1H3. The zero-order valence-electron chi connectivity index (χ0n) is 11.8. The van der Waals surface area contributed by atoms with Gasteiger partial charge in [0.25, 0.3) is 5.91 Å². The van der Waals surface area contributed by atoms with Crippen LogP contribution in [0, 0.1) is 17.2 Å². The minimum atomic E-state index is 0.00117. The molecule has 0 heterocycles. The maximum Gasteiger partial charge on any atom is 0.260 e. The van der Waals surface area contributed by atoms with Gasteiger partial charge >= 0.3 is 0 Å². The Morgan fingerprint density at radius 2 is 2.00 bits per heavy atom. The molecule has 0 unspecified atom stereocenters. The van der Waals surface area contributed by atoms with Crippen LogP contribution in [-0.2, 0) is 4.79 Å². The first-order chi connectivity index (χ1) is 9.69. The normalized spacial score (nSPS) is 14.8. The van der Waals surface area contributed by atoms with Crippen molar-refractivity contribution in [2.24, 2.45) is 5.92 Å². The van der Waals surface area contributed by atoms with Gasteiger partial charge < -0.3 is 9.64 Å². The van der Waals surface area contributed by atoms with Gasteiger partial charge in [0, 0.05) is 13.6 Å². The highest BCUT2D eigenvalue weighted by Crippen LogP contribution is 2.25. The van der Waals surface area contributed by atoms with E-state index < -0.39 is 0 Å². The van der Waals surface area contributed by atoms with Crippen molar-refractivity contribution in [3.63, 3.8) is 0 Å². The van der Waals surface area contributed by atoms with Crippen LogP contribution in [0.3, 0.4) is 0 Å². The van der Waals surface area contributed by atoms with Gasteiger partial charge in [-0.25, -0.2) is 0 Å². The number of nitrogens with zero attached hydrogens (tertiary/aromatic N) is 2. The summed E-state index contributed by atoms with van der Waals surface area (Å²) in [6.07, 6.45) is 5.03. The van der Waals surface area contributed by atoms with E-state index in [0.717, 1.165) is 6.54 Å². The molecule has 0 saturated heterocycles. The number of hydrogen-bond acceptors (Lipinski definition) is 3. The Balaban J connectivity index is 1.77. The van der Waals surface area contributed by atoms with E-state index in [0.29, 0.717) is 17.2 Å². The molecule has 20 heavy (non-hydrogen) atoms. The highest BCUT2D eigenvalue weighted by Gasteiger charge is 2.19. The third kappa shape index (κ3) is 3.99. The molecule has 0 atom stereocenters. The van der Waals surface area contributed by atoms with Crippen LogP contribution in [0.25, 0.3) is 0 Å². The quantitative estimate of drug-likeness (QED) is 0.828. The molecule has 0 radical (unpaired) electrons. The lowest BCUT2D eigenvalue weighted by molar-refractivity contribution is -0.132. The van der Waals surface area contributed by atoms with E-state index in [9.17, 15) is 4.79 Å². The minimum absolute atomic E-state index is 0.00117. The third-order valence-electron chi connectivity index (χ3n) is 3.78. The highest BCUT2D eigenvalue weighted by atomic mass is 16.5. The first-order valence-corrected chi connectivity index (χ1v) is 7.06. The van der Waals surface area contributed by atoms with E-state index >= 15 is 0 Å². The first-order valence-electron chi connectivity index (χ1n) is 7.06. The van der Waals surface area contributed by atoms with E-state index in [1.165, 1.54) is 25.7 Å². The van der Waals surface area contributed by atoms with Crippen molar-refractivity contribution < 1.29 is 9.53 Å². The second-order valence-electron chi connectivity index (χ2n) is 5.35. The molecule has 0 spiro atoms. The number of nitriles is 1. The second kappa shape index (κ2) is 6.95. The summed E-state index contributed by atoms with van der Waals surface area (Å²) < 4.78 is 5.45. The van der Waals surface area contributed by atoms with Gasteiger partial charge in [-0.15, -0.1) is 0 Å². The molecular formula is C16H20N2O2. The van der Waals surface area contributed by atoms with Gasteiger partial charge in [-0.1, -0.05) is 12.8 Å². The summed E-state index contributed by atoms with van der Waals surface area (Å²) in [4.78, 5) is 13.7. The predicted molar refractivity (Wildman–Crippen MR) is 76.2 cm³/mol. The number of carbonyl (C=O) groups is 1. The Morgan fingerprint density at radius 1 is 1.35 bits per heavy atom. The molecule has 1 aliphatic carbocycles. The molecular weight excluding hydrogens is 252 g/mol. The van der Waals surface area contributed by atoms with Crippen LogP contribution >= 0.6 is 0 Å². The Kier molecular flexibility index (Phi) is 5.00. The van der Waals surface area contributed by atoms with E-state index in [1.807, 2.05) is 13.1 Å². The van der Waals surface area contributed by atoms with Crippen LogP contribution < -0.4 is 4.74 Å². The number of hydrogen-bond donors (Lipinski definition) is 0. The van der Waals surface area contributed by atoms with Crippen molar-refractivity contribution in [1.29, 1.82) is 5.26 Å². The number of benzene rings is 1. The van der Waals surface area contributed by atoms with Gasteiger partial charge in [0.1, 0.15) is 5.75 Å². The number of likely N-dealkylation sites (N-methyl/N-ethyl adjacent to an activating group) is 1. The molecule has 2 rings (SSSR count). The topological polar surface area (TPSA) is 53.3 Å². The average molecular weight is 272 g/mol. The van der Waals surface area contributed by atoms with Crippen molar-refractivity contribution >= 4 is 5.91 Å². The molecule has 4 nitrogen and oxygen atoms in total. The molecule has 1 aliphatic rings. The Bertz CT molecular complexity index is 484. The molecule has 1 saturated carbocycles. The molecule has 106 valence electrons. The summed E-state index contributed by atoms with van der Waals surface area (Å²) in [5, 5.41) is 8.70. The smallest absolute Gasteiger partial charge is 0.260 e. The Morgan fingerprint density at radius 3 is 2.60 bits per heavy atom. The van der Waals surface area contributed by atoms with Crippen LogP contribution in [-0.4, -0.2) is 31.0 Å². The minimum Gasteiger partial charge on any atom is -0.484 e. The summed E-state index contributed by atoms with van der Waals surface area (Å²) >= 11 is 0. The molecule has 1 aromatic rings. The van der Waals surface area contributed by atoms with Gasteiger partial charge in [0.05, 0.1) is 11.6 Å². The maximum absolute atomic E-state index is 12.0. The summed E-state index contributed by atoms with van der Waals surface area (Å²) in [5.41, 5.74) is 0.585. The van der Waals surface area contributed by atoms with Gasteiger partial charge in [-0.3, -0.25) is 4.79 Å². The third-order valence-corrected chi connectivity index (χ3v) is 3.78. The van der Waals surface area contributed by atoms with E-state index in [2.05, 4.69) is 0 Å². The number of rotatable bonds is 5.